The summed E-state index contributed by atoms with van der Waals surface area (Å²) < 4.78 is 0. The third-order valence-electron chi connectivity index (χ3n) is 5.54. The molecule has 0 bridgehead atoms. The zero-order valence-electron chi connectivity index (χ0n) is 18.8. The minimum atomic E-state index is -0.557. The zero-order valence-corrected chi connectivity index (χ0v) is 19.5. The predicted octanol–water partition coefficient (Wildman–Crippen LogP) is 7.99. The summed E-state index contributed by atoms with van der Waals surface area (Å²) in [5, 5.41) is 31.4. The van der Waals surface area contributed by atoms with E-state index in [9.17, 15) is 15.2 Å². The van der Waals surface area contributed by atoms with E-state index >= 15 is 0 Å². The number of hydrogen-bond donors (Lipinski definition) is 1. The standard InChI is InChI=1S/C25H26ClN3O3/c1-24(2,3)17-14-19(25(4,5)16-10-12-18(26)13-11-16)23(30)21(15-17)28-27-20-8-6-7-9-22(20)29(31)32/h6-15,30H,1-5H3. The van der Waals surface area contributed by atoms with Gasteiger partial charge in [0.1, 0.15) is 11.4 Å². The van der Waals surface area contributed by atoms with Crippen molar-refractivity contribution in [2.75, 3.05) is 0 Å². The molecule has 1 N–H and O–H groups in total. The Morgan fingerprint density at radius 2 is 1.47 bits per heavy atom. The molecule has 0 aromatic heterocycles. The molecule has 0 heterocycles. The average molecular weight is 452 g/mol. The van der Waals surface area contributed by atoms with Crippen molar-refractivity contribution in [3.63, 3.8) is 0 Å². The second-order valence-corrected chi connectivity index (χ2v) is 9.66. The van der Waals surface area contributed by atoms with Crippen LogP contribution in [0.15, 0.2) is 70.9 Å². The van der Waals surface area contributed by atoms with E-state index < -0.39 is 10.3 Å². The molecule has 0 saturated carbocycles. The van der Waals surface area contributed by atoms with Crippen molar-refractivity contribution in [2.24, 2.45) is 10.2 Å². The van der Waals surface area contributed by atoms with Gasteiger partial charge in [0, 0.05) is 22.1 Å². The van der Waals surface area contributed by atoms with Crippen LogP contribution in [-0.4, -0.2) is 10.0 Å². The van der Waals surface area contributed by atoms with Crippen molar-refractivity contribution in [2.45, 2.75) is 45.4 Å². The maximum absolute atomic E-state index is 11.3. The van der Waals surface area contributed by atoms with E-state index in [0.717, 1.165) is 11.1 Å². The lowest BCUT2D eigenvalue weighted by molar-refractivity contribution is -0.384. The number of aromatic hydroxyl groups is 1. The average Bonchev–Trinajstić information content (AvgIpc) is 2.72. The fraction of sp³-hybridized carbons (Fsp3) is 0.280. The maximum atomic E-state index is 11.3. The molecule has 0 atom stereocenters. The number of halogens is 1. The largest absolute Gasteiger partial charge is 0.505 e. The van der Waals surface area contributed by atoms with Gasteiger partial charge in [0.15, 0.2) is 5.69 Å². The number of benzene rings is 3. The van der Waals surface area contributed by atoms with E-state index in [-0.39, 0.29) is 28.2 Å². The van der Waals surface area contributed by atoms with Crippen LogP contribution in [0.3, 0.4) is 0 Å². The van der Waals surface area contributed by atoms with E-state index in [0.29, 0.717) is 10.6 Å². The first-order valence-electron chi connectivity index (χ1n) is 10.2. The molecular weight excluding hydrogens is 426 g/mol. The van der Waals surface area contributed by atoms with Gasteiger partial charge in [0.25, 0.3) is 5.69 Å². The third-order valence-corrected chi connectivity index (χ3v) is 5.79. The molecule has 166 valence electrons. The molecule has 6 nitrogen and oxygen atoms in total. The van der Waals surface area contributed by atoms with Crippen LogP contribution in [-0.2, 0) is 10.8 Å². The first-order chi connectivity index (χ1) is 14.9. The van der Waals surface area contributed by atoms with Gasteiger partial charge < -0.3 is 5.11 Å². The Bertz CT molecular complexity index is 1180. The highest BCUT2D eigenvalue weighted by molar-refractivity contribution is 6.30. The molecule has 0 spiro atoms. The molecular formula is C25H26ClN3O3. The van der Waals surface area contributed by atoms with Crippen LogP contribution < -0.4 is 0 Å². The van der Waals surface area contributed by atoms with Gasteiger partial charge in [-0.1, -0.05) is 76.6 Å². The van der Waals surface area contributed by atoms with E-state index in [1.54, 1.807) is 18.2 Å². The second kappa shape index (κ2) is 8.71. The van der Waals surface area contributed by atoms with Gasteiger partial charge in [-0.3, -0.25) is 10.1 Å². The van der Waals surface area contributed by atoms with Crippen molar-refractivity contribution < 1.29 is 10.0 Å². The zero-order chi connectivity index (χ0) is 23.7. The van der Waals surface area contributed by atoms with Crippen LogP contribution in [0.4, 0.5) is 17.1 Å². The first-order valence-corrected chi connectivity index (χ1v) is 10.6. The number of azo groups is 1. The lowest BCUT2D eigenvalue weighted by atomic mass is 9.75. The molecule has 0 fully saturated rings. The predicted molar refractivity (Wildman–Crippen MR) is 128 cm³/mol. The Morgan fingerprint density at radius 3 is 2.06 bits per heavy atom. The highest BCUT2D eigenvalue weighted by atomic mass is 35.5. The van der Waals surface area contributed by atoms with Crippen molar-refractivity contribution in [3.05, 3.63) is 92.5 Å². The van der Waals surface area contributed by atoms with Crippen LogP contribution >= 0.6 is 11.6 Å². The summed E-state index contributed by atoms with van der Waals surface area (Å²) in [6.07, 6.45) is 0. The Kier molecular flexibility index (Phi) is 6.37. The van der Waals surface area contributed by atoms with Gasteiger partial charge in [-0.25, -0.2) is 0 Å². The summed E-state index contributed by atoms with van der Waals surface area (Å²) in [4.78, 5) is 10.8. The van der Waals surface area contributed by atoms with Gasteiger partial charge in [0.05, 0.1) is 4.92 Å². The SMILES string of the molecule is CC(C)(C)c1cc(N=Nc2ccccc2[N+](=O)[O-])c(O)c(C(C)(C)c2ccc(Cl)cc2)c1. The van der Waals surface area contributed by atoms with Gasteiger partial charge in [-0.15, -0.1) is 10.2 Å². The lowest BCUT2D eigenvalue weighted by Gasteiger charge is -2.30. The quantitative estimate of drug-likeness (QED) is 0.242. The molecule has 3 rings (SSSR count). The second-order valence-electron chi connectivity index (χ2n) is 9.22. The van der Waals surface area contributed by atoms with E-state index in [1.165, 1.54) is 12.1 Å². The first kappa shape index (κ1) is 23.4. The fourth-order valence-corrected chi connectivity index (χ4v) is 3.56. The summed E-state index contributed by atoms with van der Waals surface area (Å²) >= 11 is 6.06. The number of nitro groups is 1. The van der Waals surface area contributed by atoms with Gasteiger partial charge in [-0.05, 0) is 40.8 Å². The normalized spacial score (nSPS) is 12.3. The van der Waals surface area contributed by atoms with Crippen molar-refractivity contribution >= 4 is 28.7 Å². The summed E-state index contributed by atoms with van der Waals surface area (Å²) in [6, 6.07) is 17.4. The van der Waals surface area contributed by atoms with Crippen molar-refractivity contribution in [1.29, 1.82) is 0 Å². The number of phenols is 1. The molecule has 0 aliphatic carbocycles. The maximum Gasteiger partial charge on any atom is 0.296 e. The molecule has 7 heteroatoms. The lowest BCUT2D eigenvalue weighted by Crippen LogP contribution is -2.21. The monoisotopic (exact) mass is 451 g/mol. The highest BCUT2D eigenvalue weighted by Gasteiger charge is 2.30. The summed E-state index contributed by atoms with van der Waals surface area (Å²) in [5.74, 6) is -0.0136. The third kappa shape index (κ3) is 4.81. The van der Waals surface area contributed by atoms with E-state index in [1.807, 2.05) is 44.2 Å². The van der Waals surface area contributed by atoms with Gasteiger partial charge in [0.2, 0.25) is 0 Å². The molecule has 0 unspecified atom stereocenters. The minimum Gasteiger partial charge on any atom is -0.505 e. The number of nitro benzene ring substituents is 1. The molecule has 3 aromatic rings. The molecule has 32 heavy (non-hydrogen) atoms. The number of phenolic OH excluding ortho intramolecular Hbond substituents is 1. The Morgan fingerprint density at radius 1 is 0.875 bits per heavy atom. The Labute approximate surface area is 192 Å². The number of para-hydroxylation sites is 1. The van der Waals surface area contributed by atoms with Gasteiger partial charge in [-0.2, -0.15) is 0 Å². The van der Waals surface area contributed by atoms with Gasteiger partial charge >= 0.3 is 0 Å². The van der Waals surface area contributed by atoms with Crippen molar-refractivity contribution in [3.8, 4) is 5.75 Å². The molecule has 0 aliphatic heterocycles. The van der Waals surface area contributed by atoms with E-state index in [4.69, 9.17) is 11.6 Å². The molecule has 0 saturated heterocycles. The van der Waals surface area contributed by atoms with Crippen LogP contribution in [0.25, 0.3) is 0 Å². The molecule has 0 amide bonds. The number of nitrogens with zero attached hydrogens (tertiary/aromatic N) is 3. The molecule has 3 aromatic carbocycles. The van der Waals surface area contributed by atoms with Crippen LogP contribution in [0, 0.1) is 10.1 Å². The number of hydrogen-bond acceptors (Lipinski definition) is 5. The van der Waals surface area contributed by atoms with Crippen molar-refractivity contribution in [1.82, 2.24) is 0 Å². The van der Waals surface area contributed by atoms with Crippen LogP contribution in [0.5, 0.6) is 5.75 Å². The highest BCUT2D eigenvalue weighted by Crippen LogP contribution is 2.45. The van der Waals surface area contributed by atoms with E-state index in [2.05, 4.69) is 31.0 Å². The molecule has 0 radical (unpaired) electrons. The van der Waals surface area contributed by atoms with Crippen LogP contribution in [0.1, 0.15) is 51.3 Å². The summed E-state index contributed by atoms with van der Waals surface area (Å²) in [6.45, 7) is 10.2. The Hall–Kier alpha value is -3.25. The smallest absolute Gasteiger partial charge is 0.296 e. The molecule has 0 aliphatic rings. The Balaban J connectivity index is 2.18. The number of rotatable bonds is 5. The fourth-order valence-electron chi connectivity index (χ4n) is 3.44. The topological polar surface area (TPSA) is 88.1 Å². The van der Waals surface area contributed by atoms with Crippen LogP contribution in [0.2, 0.25) is 5.02 Å². The minimum absolute atomic E-state index is 0.0136. The summed E-state index contributed by atoms with van der Waals surface area (Å²) in [5.41, 5.74) is 2.08. The summed E-state index contributed by atoms with van der Waals surface area (Å²) in [7, 11) is 0.